The second kappa shape index (κ2) is 15.6. The van der Waals surface area contributed by atoms with Crippen molar-refractivity contribution in [3.8, 4) is 62.4 Å². The summed E-state index contributed by atoms with van der Waals surface area (Å²) in [4.78, 5) is 15.3. The molecule has 6 nitrogen and oxygen atoms in total. The first-order valence-electron chi connectivity index (χ1n) is 23.4. The van der Waals surface area contributed by atoms with Crippen molar-refractivity contribution in [2.24, 2.45) is 0 Å². The zero-order chi connectivity index (χ0) is 45.4. The van der Waals surface area contributed by atoms with Crippen LogP contribution in [0.4, 0.5) is 0 Å². The zero-order valence-corrected chi connectivity index (χ0v) is 37.3. The summed E-state index contributed by atoms with van der Waals surface area (Å²) in [5, 5.41) is 7.12. The fourth-order valence-corrected chi connectivity index (χ4v) is 10.5. The van der Waals surface area contributed by atoms with Crippen LogP contribution in [0.2, 0.25) is 0 Å². The average molecular weight is 881 g/mol. The highest BCUT2D eigenvalue weighted by Gasteiger charge is 2.21. The monoisotopic (exact) mass is 880 g/mol. The molecular weight excluding hydrogens is 841 g/mol. The molecule has 0 aliphatic carbocycles. The SMILES string of the molecule is c1ccc(-c2ccc3c(c2)c2cc(-n4c5ccccc5c5cc(-c6ccc7c(c6)c6ccccc6n7-c6nc(-c7ccccc7)nc(-c7ccccc7)n6)ccc54)ccc2n3-c2ccccc2)cc1. The van der Waals surface area contributed by atoms with Gasteiger partial charge in [0.2, 0.25) is 5.95 Å². The molecule has 0 aliphatic heterocycles. The summed E-state index contributed by atoms with van der Waals surface area (Å²) in [6, 6.07) is 86.5. The highest BCUT2D eigenvalue weighted by Crippen LogP contribution is 2.41. The van der Waals surface area contributed by atoms with Gasteiger partial charge >= 0.3 is 0 Å². The zero-order valence-electron chi connectivity index (χ0n) is 37.3. The molecule has 0 aliphatic rings. The van der Waals surface area contributed by atoms with Crippen molar-refractivity contribution in [2.75, 3.05) is 0 Å². The van der Waals surface area contributed by atoms with Gasteiger partial charge in [0.15, 0.2) is 11.6 Å². The molecule has 0 saturated heterocycles. The van der Waals surface area contributed by atoms with Crippen LogP contribution in [-0.4, -0.2) is 28.7 Å². The maximum Gasteiger partial charge on any atom is 0.238 e. The quantitative estimate of drug-likeness (QED) is 0.160. The molecule has 0 unspecified atom stereocenters. The summed E-state index contributed by atoms with van der Waals surface area (Å²) >= 11 is 0. The molecule has 14 aromatic rings. The number of hydrogen-bond acceptors (Lipinski definition) is 3. The summed E-state index contributed by atoms with van der Waals surface area (Å²) in [5.74, 6) is 1.84. The van der Waals surface area contributed by atoms with Gasteiger partial charge in [0, 0.05) is 54.8 Å². The van der Waals surface area contributed by atoms with Crippen molar-refractivity contribution in [1.82, 2.24) is 28.7 Å². The summed E-state index contributed by atoms with van der Waals surface area (Å²) in [6.45, 7) is 0. The molecule has 10 aromatic carbocycles. The maximum absolute atomic E-state index is 5.14. The molecule has 6 heteroatoms. The van der Waals surface area contributed by atoms with E-state index in [4.69, 9.17) is 15.0 Å². The smallest absolute Gasteiger partial charge is 0.238 e. The van der Waals surface area contributed by atoms with Gasteiger partial charge in [-0.05, 0) is 101 Å². The van der Waals surface area contributed by atoms with Gasteiger partial charge in [-0.1, -0.05) is 164 Å². The van der Waals surface area contributed by atoms with Crippen molar-refractivity contribution in [1.29, 1.82) is 0 Å². The Bertz CT molecular complexity index is 4230. The molecule has 0 radical (unpaired) electrons. The summed E-state index contributed by atoms with van der Waals surface area (Å²) in [5.41, 5.74) is 15.6. The van der Waals surface area contributed by atoms with E-state index in [0.717, 1.165) is 61.0 Å². The van der Waals surface area contributed by atoms with Crippen LogP contribution in [0.15, 0.2) is 243 Å². The van der Waals surface area contributed by atoms with Crippen LogP contribution < -0.4 is 0 Å². The van der Waals surface area contributed by atoms with Gasteiger partial charge in [0.1, 0.15) is 0 Å². The van der Waals surface area contributed by atoms with E-state index >= 15 is 0 Å². The van der Waals surface area contributed by atoms with Gasteiger partial charge in [-0.15, -0.1) is 0 Å². The molecular formula is C63H40N6. The Hall–Kier alpha value is -9.39. The predicted octanol–water partition coefficient (Wildman–Crippen LogP) is 15.8. The molecule has 0 fully saturated rings. The molecule has 4 heterocycles. The van der Waals surface area contributed by atoms with E-state index < -0.39 is 0 Å². The first-order chi connectivity index (χ1) is 34.2. The number of hydrogen-bond donors (Lipinski definition) is 0. The fourth-order valence-electron chi connectivity index (χ4n) is 10.5. The van der Waals surface area contributed by atoms with Crippen LogP contribution in [0.3, 0.4) is 0 Å². The Balaban J connectivity index is 0.923. The highest BCUT2D eigenvalue weighted by molar-refractivity contribution is 6.14. The second-order valence-electron chi connectivity index (χ2n) is 17.7. The van der Waals surface area contributed by atoms with E-state index in [0.29, 0.717) is 17.6 Å². The van der Waals surface area contributed by atoms with Crippen molar-refractivity contribution in [2.45, 2.75) is 0 Å². The van der Waals surface area contributed by atoms with E-state index in [1.165, 1.54) is 49.2 Å². The lowest BCUT2D eigenvalue weighted by atomic mass is 10.0. The molecule has 0 N–H and O–H groups in total. The average Bonchev–Trinajstić information content (AvgIpc) is 4.06. The first kappa shape index (κ1) is 38.8. The topological polar surface area (TPSA) is 53.5 Å². The van der Waals surface area contributed by atoms with Crippen LogP contribution in [0.1, 0.15) is 0 Å². The Kier molecular flexibility index (Phi) is 8.79. The van der Waals surface area contributed by atoms with Gasteiger partial charge in [0.25, 0.3) is 0 Å². The van der Waals surface area contributed by atoms with Crippen LogP contribution in [-0.2, 0) is 0 Å². The molecule has 322 valence electrons. The standard InChI is InChI=1S/C63H40N6/c1-5-17-41(18-6-1)44-29-33-58-53(37-44)54-40-48(32-36-59(54)67(58)47-23-11-4-12-24-47)68-55-27-15-13-25-49(55)51-38-45(30-34-57(51)68)46-31-35-60-52(39-46)50-26-14-16-28-56(50)69(60)63-65-61(42-19-7-2-8-20-42)64-62(66-63)43-21-9-3-10-22-43/h1-40H. The lowest BCUT2D eigenvalue weighted by molar-refractivity contribution is 0.953. The molecule has 0 saturated carbocycles. The molecule has 69 heavy (non-hydrogen) atoms. The number of fused-ring (bicyclic) bond motifs is 9. The predicted molar refractivity (Wildman–Crippen MR) is 285 cm³/mol. The Morgan fingerprint density at radius 1 is 0.217 bits per heavy atom. The van der Waals surface area contributed by atoms with E-state index in [2.05, 4.69) is 196 Å². The van der Waals surface area contributed by atoms with Crippen molar-refractivity contribution >= 4 is 65.4 Å². The maximum atomic E-state index is 5.14. The van der Waals surface area contributed by atoms with Crippen molar-refractivity contribution in [3.63, 3.8) is 0 Å². The first-order valence-corrected chi connectivity index (χ1v) is 23.4. The molecule has 0 bridgehead atoms. The van der Waals surface area contributed by atoms with Crippen LogP contribution in [0.5, 0.6) is 0 Å². The highest BCUT2D eigenvalue weighted by atomic mass is 15.2. The molecule has 0 amide bonds. The lowest BCUT2D eigenvalue weighted by Gasteiger charge is -2.11. The second-order valence-corrected chi connectivity index (χ2v) is 17.7. The third-order valence-corrected chi connectivity index (χ3v) is 13.7. The summed E-state index contributed by atoms with van der Waals surface area (Å²) < 4.78 is 7.01. The van der Waals surface area contributed by atoms with Crippen LogP contribution in [0.25, 0.3) is 128 Å². The minimum absolute atomic E-state index is 0.579. The van der Waals surface area contributed by atoms with Gasteiger partial charge in [-0.2, -0.15) is 9.97 Å². The van der Waals surface area contributed by atoms with Crippen LogP contribution >= 0.6 is 0 Å². The lowest BCUT2D eigenvalue weighted by Crippen LogP contribution is -2.06. The van der Waals surface area contributed by atoms with E-state index in [1.807, 2.05) is 60.7 Å². The van der Waals surface area contributed by atoms with E-state index in [9.17, 15) is 0 Å². The minimum Gasteiger partial charge on any atom is -0.309 e. The van der Waals surface area contributed by atoms with Crippen LogP contribution in [0, 0.1) is 0 Å². The molecule has 0 spiro atoms. The van der Waals surface area contributed by atoms with Crippen molar-refractivity contribution < 1.29 is 0 Å². The number of rotatable bonds is 7. The van der Waals surface area contributed by atoms with Gasteiger partial charge in [-0.25, -0.2) is 4.98 Å². The number of para-hydroxylation sites is 3. The van der Waals surface area contributed by atoms with Gasteiger partial charge in [-0.3, -0.25) is 4.57 Å². The Morgan fingerprint density at radius 2 is 0.580 bits per heavy atom. The van der Waals surface area contributed by atoms with Gasteiger partial charge < -0.3 is 9.13 Å². The number of nitrogens with zero attached hydrogens (tertiary/aromatic N) is 6. The largest absolute Gasteiger partial charge is 0.309 e. The van der Waals surface area contributed by atoms with Crippen molar-refractivity contribution in [3.05, 3.63) is 243 Å². The third-order valence-electron chi connectivity index (χ3n) is 13.7. The van der Waals surface area contributed by atoms with Gasteiger partial charge in [0.05, 0.1) is 33.1 Å². The molecule has 0 atom stereocenters. The number of aromatic nitrogens is 6. The minimum atomic E-state index is 0.579. The fraction of sp³-hybridized carbons (Fsp3) is 0. The summed E-state index contributed by atoms with van der Waals surface area (Å²) in [7, 11) is 0. The normalized spacial score (nSPS) is 11.8. The summed E-state index contributed by atoms with van der Waals surface area (Å²) in [6.07, 6.45) is 0. The molecule has 14 rings (SSSR count). The number of benzene rings is 10. The van der Waals surface area contributed by atoms with E-state index in [1.54, 1.807) is 0 Å². The Morgan fingerprint density at radius 3 is 1.12 bits per heavy atom. The Labute approximate surface area is 397 Å². The molecule has 4 aromatic heterocycles. The third kappa shape index (κ3) is 6.30. The van der Waals surface area contributed by atoms with E-state index in [-0.39, 0.29) is 0 Å².